The lowest BCUT2D eigenvalue weighted by atomic mass is 10.1. The fourth-order valence-electron chi connectivity index (χ4n) is 1.61. The lowest BCUT2D eigenvalue weighted by Crippen LogP contribution is -2.28. The number of halogens is 3. The van der Waals surface area contributed by atoms with Crippen LogP contribution in [0.5, 0.6) is 0 Å². The standard InChI is InChI=1S/C13H17F3N2O/c1-3-10(8-12(19)17-2)18-11-6-4-9(5-7-11)13(14,15)16/h4-7,10,18H,3,8H2,1-2H3,(H,17,19)/t10-/m1/s1. The molecule has 0 aliphatic rings. The van der Waals surface area contributed by atoms with E-state index in [1.807, 2.05) is 6.92 Å². The molecular weight excluding hydrogens is 257 g/mol. The SMILES string of the molecule is CC[C@H](CC(=O)NC)Nc1ccc(C(F)(F)F)cc1. The Balaban J connectivity index is 2.68. The number of anilines is 1. The first-order chi connectivity index (χ1) is 8.86. The van der Waals surface area contributed by atoms with E-state index >= 15 is 0 Å². The van der Waals surface area contributed by atoms with Gasteiger partial charge in [-0.2, -0.15) is 13.2 Å². The fourth-order valence-corrected chi connectivity index (χ4v) is 1.61. The molecule has 0 saturated carbocycles. The Bertz CT molecular complexity index is 415. The van der Waals surface area contributed by atoms with Crippen molar-refractivity contribution in [1.29, 1.82) is 0 Å². The zero-order valence-electron chi connectivity index (χ0n) is 10.8. The Morgan fingerprint density at radius 2 is 1.84 bits per heavy atom. The summed E-state index contributed by atoms with van der Waals surface area (Å²) < 4.78 is 37.2. The molecule has 3 nitrogen and oxygen atoms in total. The van der Waals surface area contributed by atoms with Crippen molar-refractivity contribution in [3.05, 3.63) is 29.8 Å². The molecule has 1 amide bonds. The Kier molecular flexibility index (Phi) is 5.20. The second kappa shape index (κ2) is 6.45. The molecule has 0 unspecified atom stereocenters. The van der Waals surface area contributed by atoms with Crippen molar-refractivity contribution >= 4 is 11.6 Å². The molecule has 0 bridgehead atoms. The quantitative estimate of drug-likeness (QED) is 0.866. The maximum atomic E-state index is 12.4. The summed E-state index contributed by atoms with van der Waals surface area (Å²) in [6.07, 6.45) is -3.34. The summed E-state index contributed by atoms with van der Waals surface area (Å²) in [4.78, 5) is 11.3. The smallest absolute Gasteiger partial charge is 0.382 e. The average Bonchev–Trinajstić information content (AvgIpc) is 2.37. The van der Waals surface area contributed by atoms with Crippen molar-refractivity contribution in [2.75, 3.05) is 12.4 Å². The Morgan fingerprint density at radius 1 is 1.26 bits per heavy atom. The third-order valence-corrected chi connectivity index (χ3v) is 2.79. The van der Waals surface area contributed by atoms with Crippen molar-refractivity contribution in [3.8, 4) is 0 Å². The molecule has 0 spiro atoms. The zero-order valence-corrected chi connectivity index (χ0v) is 10.8. The molecule has 1 atom stereocenters. The first-order valence-electron chi connectivity index (χ1n) is 6.01. The van der Waals surface area contributed by atoms with Gasteiger partial charge >= 0.3 is 6.18 Å². The van der Waals surface area contributed by atoms with Crippen LogP contribution >= 0.6 is 0 Å². The van der Waals surface area contributed by atoms with Crippen LogP contribution in [0.4, 0.5) is 18.9 Å². The molecule has 0 radical (unpaired) electrons. The number of hydrogen-bond donors (Lipinski definition) is 2. The second-order valence-electron chi connectivity index (χ2n) is 4.20. The molecule has 106 valence electrons. The Hall–Kier alpha value is -1.72. The van der Waals surface area contributed by atoms with E-state index in [0.29, 0.717) is 12.1 Å². The van der Waals surface area contributed by atoms with E-state index in [1.165, 1.54) is 12.1 Å². The van der Waals surface area contributed by atoms with Crippen LogP contribution in [0, 0.1) is 0 Å². The van der Waals surface area contributed by atoms with Crippen LogP contribution in [-0.4, -0.2) is 19.0 Å². The van der Waals surface area contributed by atoms with Gasteiger partial charge in [-0.1, -0.05) is 6.92 Å². The predicted octanol–water partition coefficient (Wildman–Crippen LogP) is 3.03. The number of amides is 1. The van der Waals surface area contributed by atoms with Crippen molar-refractivity contribution in [2.45, 2.75) is 32.0 Å². The highest BCUT2D eigenvalue weighted by atomic mass is 19.4. The summed E-state index contributed by atoms with van der Waals surface area (Å²) in [6, 6.07) is 4.69. The van der Waals surface area contributed by atoms with Gasteiger partial charge in [0.2, 0.25) is 5.91 Å². The van der Waals surface area contributed by atoms with Gasteiger partial charge in [0.25, 0.3) is 0 Å². The molecule has 6 heteroatoms. The van der Waals surface area contributed by atoms with Gasteiger partial charge in [0.1, 0.15) is 0 Å². The Labute approximate surface area is 110 Å². The molecular formula is C13H17F3N2O. The van der Waals surface area contributed by atoms with Crippen molar-refractivity contribution in [3.63, 3.8) is 0 Å². The fraction of sp³-hybridized carbons (Fsp3) is 0.462. The summed E-state index contributed by atoms with van der Waals surface area (Å²) in [5, 5.41) is 5.56. The normalized spacial score (nSPS) is 12.9. The molecule has 0 saturated heterocycles. The summed E-state index contributed by atoms with van der Waals surface area (Å²) >= 11 is 0. The van der Waals surface area contributed by atoms with Crippen molar-refractivity contribution in [2.24, 2.45) is 0 Å². The third-order valence-electron chi connectivity index (χ3n) is 2.79. The molecule has 0 heterocycles. The van der Waals surface area contributed by atoms with E-state index in [2.05, 4.69) is 10.6 Å². The van der Waals surface area contributed by atoms with Gasteiger partial charge in [-0.15, -0.1) is 0 Å². The van der Waals surface area contributed by atoms with Crippen molar-refractivity contribution in [1.82, 2.24) is 5.32 Å². The van der Waals surface area contributed by atoms with Gasteiger partial charge in [-0.25, -0.2) is 0 Å². The van der Waals surface area contributed by atoms with E-state index < -0.39 is 11.7 Å². The van der Waals surface area contributed by atoms with Crippen LogP contribution in [0.2, 0.25) is 0 Å². The molecule has 1 aromatic rings. The minimum absolute atomic E-state index is 0.100. The molecule has 19 heavy (non-hydrogen) atoms. The average molecular weight is 274 g/mol. The van der Waals surface area contributed by atoms with Crippen LogP contribution in [0.25, 0.3) is 0 Å². The van der Waals surface area contributed by atoms with Crippen molar-refractivity contribution < 1.29 is 18.0 Å². The van der Waals surface area contributed by atoms with Crippen LogP contribution in [0.3, 0.4) is 0 Å². The lowest BCUT2D eigenvalue weighted by Gasteiger charge is -2.18. The first kappa shape index (κ1) is 15.3. The summed E-state index contributed by atoms with van der Waals surface area (Å²) in [5.74, 6) is -0.105. The maximum absolute atomic E-state index is 12.4. The summed E-state index contributed by atoms with van der Waals surface area (Å²) in [7, 11) is 1.55. The van der Waals surface area contributed by atoms with Gasteiger partial charge in [0, 0.05) is 25.2 Å². The number of carbonyl (C=O) groups excluding carboxylic acids is 1. The van der Waals surface area contributed by atoms with Gasteiger partial charge in [0.15, 0.2) is 0 Å². The second-order valence-corrected chi connectivity index (χ2v) is 4.20. The Morgan fingerprint density at radius 3 is 2.26 bits per heavy atom. The minimum Gasteiger partial charge on any atom is -0.382 e. The monoisotopic (exact) mass is 274 g/mol. The van der Waals surface area contributed by atoms with E-state index in [1.54, 1.807) is 7.05 Å². The van der Waals surface area contributed by atoms with E-state index in [9.17, 15) is 18.0 Å². The highest BCUT2D eigenvalue weighted by Crippen LogP contribution is 2.30. The summed E-state index contributed by atoms with van der Waals surface area (Å²) in [5.41, 5.74) is -0.110. The van der Waals surface area contributed by atoms with Gasteiger partial charge in [-0.05, 0) is 30.7 Å². The van der Waals surface area contributed by atoms with Crippen LogP contribution in [0.1, 0.15) is 25.3 Å². The van der Waals surface area contributed by atoms with Crippen LogP contribution < -0.4 is 10.6 Å². The molecule has 1 rings (SSSR count). The van der Waals surface area contributed by atoms with Gasteiger partial charge in [0.05, 0.1) is 5.56 Å². The van der Waals surface area contributed by atoms with E-state index in [4.69, 9.17) is 0 Å². The molecule has 1 aromatic carbocycles. The van der Waals surface area contributed by atoms with Crippen LogP contribution in [0.15, 0.2) is 24.3 Å². The highest BCUT2D eigenvalue weighted by molar-refractivity contribution is 5.76. The molecule has 0 fully saturated rings. The number of carbonyl (C=O) groups is 1. The van der Waals surface area contributed by atoms with Gasteiger partial charge in [-0.3, -0.25) is 4.79 Å². The molecule has 0 aromatic heterocycles. The third kappa shape index (κ3) is 4.81. The van der Waals surface area contributed by atoms with E-state index in [-0.39, 0.29) is 18.4 Å². The van der Waals surface area contributed by atoms with Gasteiger partial charge < -0.3 is 10.6 Å². The number of rotatable bonds is 5. The maximum Gasteiger partial charge on any atom is 0.416 e. The summed E-state index contributed by atoms with van der Waals surface area (Å²) in [6.45, 7) is 1.91. The predicted molar refractivity (Wildman–Crippen MR) is 67.8 cm³/mol. The van der Waals surface area contributed by atoms with E-state index in [0.717, 1.165) is 12.1 Å². The van der Waals surface area contributed by atoms with Crippen LogP contribution in [-0.2, 0) is 11.0 Å². The number of hydrogen-bond acceptors (Lipinski definition) is 2. The number of benzene rings is 1. The first-order valence-corrected chi connectivity index (χ1v) is 6.01. The number of alkyl halides is 3. The topological polar surface area (TPSA) is 41.1 Å². The minimum atomic E-state index is -4.33. The molecule has 2 N–H and O–H groups in total. The zero-order chi connectivity index (χ0) is 14.5. The number of nitrogens with one attached hydrogen (secondary N) is 2. The molecule has 0 aliphatic heterocycles. The molecule has 0 aliphatic carbocycles. The highest BCUT2D eigenvalue weighted by Gasteiger charge is 2.29. The largest absolute Gasteiger partial charge is 0.416 e. The lowest BCUT2D eigenvalue weighted by molar-refractivity contribution is -0.137.